The number of nitrogens with zero attached hydrogens (tertiary/aromatic N) is 2. The molecule has 1 aliphatic rings. The van der Waals surface area contributed by atoms with Gasteiger partial charge in [0, 0.05) is 19.3 Å². The predicted octanol–water partition coefficient (Wildman–Crippen LogP) is 2.26. The van der Waals surface area contributed by atoms with Crippen LogP contribution in [0.15, 0.2) is 18.3 Å². The monoisotopic (exact) mass is 234 g/mol. The Morgan fingerprint density at radius 3 is 2.59 bits per heavy atom. The van der Waals surface area contributed by atoms with Gasteiger partial charge in [-0.15, -0.1) is 0 Å². The topological polar surface area (TPSA) is 53.4 Å². The smallest absolute Gasteiger partial charge is 0.310 e. The summed E-state index contributed by atoms with van der Waals surface area (Å²) in [6, 6.07) is 3.80. The van der Waals surface area contributed by atoms with Crippen LogP contribution in [-0.2, 0) is 4.79 Å². The zero-order chi connectivity index (χ0) is 12.3. The van der Waals surface area contributed by atoms with Crippen LogP contribution in [0.1, 0.15) is 37.7 Å². The summed E-state index contributed by atoms with van der Waals surface area (Å²) in [6.07, 6.45) is 5.41. The molecule has 4 nitrogen and oxygen atoms in total. The van der Waals surface area contributed by atoms with E-state index in [4.69, 9.17) is 5.11 Å². The number of carboxylic acids is 1. The van der Waals surface area contributed by atoms with Crippen molar-refractivity contribution in [1.82, 2.24) is 4.98 Å². The van der Waals surface area contributed by atoms with Crippen molar-refractivity contribution >= 4 is 11.8 Å². The molecular formula is C13H18N2O2. The Balaban J connectivity index is 2.09. The number of rotatable bonds is 3. The van der Waals surface area contributed by atoms with Crippen LogP contribution in [0.4, 0.5) is 5.82 Å². The van der Waals surface area contributed by atoms with E-state index in [9.17, 15) is 4.79 Å². The number of piperidine rings is 1. The maximum atomic E-state index is 10.8. The molecule has 1 aromatic heterocycles. The van der Waals surface area contributed by atoms with Gasteiger partial charge in [-0.25, -0.2) is 4.98 Å². The van der Waals surface area contributed by atoms with Gasteiger partial charge < -0.3 is 10.0 Å². The van der Waals surface area contributed by atoms with E-state index in [-0.39, 0.29) is 0 Å². The van der Waals surface area contributed by atoms with Gasteiger partial charge in [-0.1, -0.05) is 6.07 Å². The minimum atomic E-state index is -0.808. The van der Waals surface area contributed by atoms with Crippen molar-refractivity contribution in [2.75, 3.05) is 18.0 Å². The lowest BCUT2D eigenvalue weighted by molar-refractivity contribution is -0.138. The van der Waals surface area contributed by atoms with Gasteiger partial charge in [-0.05, 0) is 37.8 Å². The predicted molar refractivity (Wildman–Crippen MR) is 66.4 cm³/mol. The highest BCUT2D eigenvalue weighted by atomic mass is 16.4. The number of carboxylic acid groups (broad SMARTS) is 1. The van der Waals surface area contributed by atoms with Gasteiger partial charge >= 0.3 is 5.97 Å². The van der Waals surface area contributed by atoms with Crippen LogP contribution in [0.25, 0.3) is 0 Å². The van der Waals surface area contributed by atoms with Crippen molar-refractivity contribution in [3.63, 3.8) is 0 Å². The number of anilines is 1. The lowest BCUT2D eigenvalue weighted by atomic mass is 10.0. The Kier molecular flexibility index (Phi) is 3.61. The molecular weight excluding hydrogens is 216 g/mol. The molecule has 2 rings (SSSR count). The molecule has 0 saturated carbocycles. The number of aromatic nitrogens is 1. The molecule has 1 unspecified atom stereocenters. The molecule has 1 fully saturated rings. The second-order valence-corrected chi connectivity index (χ2v) is 4.56. The first kappa shape index (κ1) is 11.9. The van der Waals surface area contributed by atoms with E-state index in [1.807, 2.05) is 12.1 Å². The van der Waals surface area contributed by atoms with Crippen LogP contribution < -0.4 is 4.90 Å². The molecule has 0 aliphatic carbocycles. The van der Waals surface area contributed by atoms with Crippen LogP contribution in [0.5, 0.6) is 0 Å². The number of carbonyl (C=O) groups is 1. The minimum absolute atomic E-state index is 0.488. The van der Waals surface area contributed by atoms with Crippen LogP contribution in [0.3, 0.4) is 0 Å². The van der Waals surface area contributed by atoms with Gasteiger partial charge in [-0.2, -0.15) is 0 Å². The number of hydrogen-bond acceptors (Lipinski definition) is 3. The van der Waals surface area contributed by atoms with Crippen molar-refractivity contribution in [2.45, 2.75) is 32.1 Å². The fourth-order valence-corrected chi connectivity index (χ4v) is 2.11. The zero-order valence-electron chi connectivity index (χ0n) is 10.1. The highest BCUT2D eigenvalue weighted by Crippen LogP contribution is 2.20. The highest BCUT2D eigenvalue weighted by molar-refractivity contribution is 5.75. The third kappa shape index (κ3) is 2.75. The maximum Gasteiger partial charge on any atom is 0.310 e. The quantitative estimate of drug-likeness (QED) is 0.871. The van der Waals surface area contributed by atoms with Crippen molar-refractivity contribution < 1.29 is 9.90 Å². The number of pyridine rings is 1. The minimum Gasteiger partial charge on any atom is -0.481 e. The van der Waals surface area contributed by atoms with E-state index in [2.05, 4.69) is 9.88 Å². The molecule has 1 atom stereocenters. The Hall–Kier alpha value is -1.58. The molecule has 0 radical (unpaired) electrons. The van der Waals surface area contributed by atoms with Crippen molar-refractivity contribution in [1.29, 1.82) is 0 Å². The van der Waals surface area contributed by atoms with E-state index in [0.29, 0.717) is 0 Å². The van der Waals surface area contributed by atoms with Crippen molar-refractivity contribution in [3.05, 3.63) is 23.9 Å². The third-order valence-corrected chi connectivity index (χ3v) is 3.32. The summed E-state index contributed by atoms with van der Waals surface area (Å²) in [7, 11) is 0. The first-order valence-corrected chi connectivity index (χ1v) is 6.12. The average Bonchev–Trinajstić information content (AvgIpc) is 2.39. The summed E-state index contributed by atoms with van der Waals surface area (Å²) in [5.74, 6) is -0.332. The van der Waals surface area contributed by atoms with E-state index in [1.165, 1.54) is 19.3 Å². The van der Waals surface area contributed by atoms with Crippen LogP contribution in [0.2, 0.25) is 0 Å². The molecule has 0 bridgehead atoms. The first-order valence-electron chi connectivity index (χ1n) is 6.12. The molecule has 2 heterocycles. The standard InChI is InChI=1S/C13H18N2O2/c1-10(13(16)17)11-5-6-12(14-9-11)15-7-3-2-4-8-15/h5-6,9-10H,2-4,7-8H2,1H3,(H,16,17). The largest absolute Gasteiger partial charge is 0.481 e. The summed E-state index contributed by atoms with van der Waals surface area (Å²) in [4.78, 5) is 17.5. The van der Waals surface area contributed by atoms with Crippen LogP contribution in [0, 0.1) is 0 Å². The molecule has 1 N–H and O–H groups in total. The van der Waals surface area contributed by atoms with Gasteiger partial charge in [0.2, 0.25) is 0 Å². The van der Waals surface area contributed by atoms with Crippen LogP contribution >= 0.6 is 0 Å². The Bertz CT molecular complexity index is 383. The van der Waals surface area contributed by atoms with E-state index in [0.717, 1.165) is 24.5 Å². The van der Waals surface area contributed by atoms with Crippen molar-refractivity contribution in [2.24, 2.45) is 0 Å². The van der Waals surface area contributed by atoms with Gasteiger partial charge in [0.25, 0.3) is 0 Å². The molecule has 1 saturated heterocycles. The highest BCUT2D eigenvalue weighted by Gasteiger charge is 2.16. The Morgan fingerprint density at radius 2 is 2.06 bits per heavy atom. The Morgan fingerprint density at radius 1 is 1.35 bits per heavy atom. The lowest BCUT2D eigenvalue weighted by Crippen LogP contribution is -2.30. The molecule has 4 heteroatoms. The zero-order valence-corrected chi connectivity index (χ0v) is 10.1. The number of hydrogen-bond donors (Lipinski definition) is 1. The van der Waals surface area contributed by atoms with E-state index < -0.39 is 11.9 Å². The molecule has 1 aliphatic heterocycles. The fraction of sp³-hybridized carbons (Fsp3) is 0.538. The normalized spacial score (nSPS) is 17.8. The second kappa shape index (κ2) is 5.17. The van der Waals surface area contributed by atoms with Gasteiger partial charge in [0.1, 0.15) is 5.82 Å². The molecule has 17 heavy (non-hydrogen) atoms. The summed E-state index contributed by atoms with van der Waals surface area (Å²) in [6.45, 7) is 3.79. The summed E-state index contributed by atoms with van der Waals surface area (Å²) >= 11 is 0. The van der Waals surface area contributed by atoms with Gasteiger partial charge in [0.15, 0.2) is 0 Å². The van der Waals surface area contributed by atoms with Gasteiger partial charge in [0.05, 0.1) is 5.92 Å². The first-order chi connectivity index (χ1) is 8.18. The third-order valence-electron chi connectivity index (χ3n) is 3.32. The number of aliphatic carboxylic acids is 1. The fourth-order valence-electron chi connectivity index (χ4n) is 2.11. The SMILES string of the molecule is CC(C(=O)O)c1ccc(N2CCCCC2)nc1. The molecule has 1 aromatic rings. The maximum absolute atomic E-state index is 10.8. The van der Waals surface area contributed by atoms with Crippen LogP contribution in [-0.4, -0.2) is 29.1 Å². The van der Waals surface area contributed by atoms with Gasteiger partial charge in [-0.3, -0.25) is 4.79 Å². The average molecular weight is 234 g/mol. The summed E-state index contributed by atoms with van der Waals surface area (Å²) < 4.78 is 0. The molecule has 0 spiro atoms. The van der Waals surface area contributed by atoms with E-state index in [1.54, 1.807) is 13.1 Å². The van der Waals surface area contributed by atoms with Crippen molar-refractivity contribution in [3.8, 4) is 0 Å². The summed E-state index contributed by atoms with van der Waals surface area (Å²) in [5, 5.41) is 8.92. The Labute approximate surface area is 101 Å². The van der Waals surface area contributed by atoms with E-state index >= 15 is 0 Å². The molecule has 92 valence electrons. The summed E-state index contributed by atoms with van der Waals surface area (Å²) in [5.41, 5.74) is 0.762. The lowest BCUT2D eigenvalue weighted by Gasteiger charge is -2.27. The second-order valence-electron chi connectivity index (χ2n) is 4.56. The molecule has 0 aromatic carbocycles. The molecule has 0 amide bonds.